The standard InChI is InChI=1S/C63H38N2OS3/c66-61-41-35-33-39(64-51-25-9-1-17-43(51)62(44-18-2-10-26-52(44)64)47-21-5-13-29-55(47)67-56-30-14-6-22-48(56)62)37-59(41)69-60-38-40(34-36-42(60)61)65-53-27-11-3-19-45(53)63(46-20-4-12-28-54(46)65)49-23-7-15-31-57(49)68-58-32-16-8-24-50(58)63/h1-38H. The summed E-state index contributed by atoms with van der Waals surface area (Å²) in [4.78, 5) is 24.6. The quantitative estimate of drug-likeness (QED) is 0.161. The second-order valence-electron chi connectivity index (χ2n) is 18.2. The molecule has 0 N–H and O–H groups in total. The minimum Gasteiger partial charge on any atom is -0.310 e. The van der Waals surface area contributed by atoms with Gasteiger partial charge in [0.15, 0.2) is 5.43 Å². The summed E-state index contributed by atoms with van der Waals surface area (Å²) in [5, 5.41) is 1.46. The highest BCUT2D eigenvalue weighted by atomic mass is 32.2. The van der Waals surface area contributed by atoms with Gasteiger partial charge in [0.2, 0.25) is 0 Å². The average Bonchev–Trinajstić information content (AvgIpc) is 3.40. The Kier molecular flexibility index (Phi) is 8.39. The van der Waals surface area contributed by atoms with Gasteiger partial charge in [-0.2, -0.15) is 0 Å². The number of nitrogens with zero attached hydrogens (tertiary/aromatic N) is 2. The maximum absolute atomic E-state index is 14.7. The van der Waals surface area contributed by atoms with Gasteiger partial charge in [-0.1, -0.05) is 169 Å². The molecular formula is C63H38N2OS3. The van der Waals surface area contributed by atoms with Crippen LogP contribution < -0.4 is 15.2 Å². The zero-order chi connectivity index (χ0) is 45.4. The first kappa shape index (κ1) is 39.4. The van der Waals surface area contributed by atoms with Gasteiger partial charge in [0.25, 0.3) is 0 Å². The number of hydrogen-bond acceptors (Lipinski definition) is 6. The number of para-hydroxylation sites is 4. The molecule has 2 spiro atoms. The monoisotopic (exact) mass is 934 g/mol. The van der Waals surface area contributed by atoms with Gasteiger partial charge >= 0.3 is 0 Å². The molecule has 6 heteroatoms. The summed E-state index contributed by atoms with van der Waals surface area (Å²) in [5.74, 6) is 0. The van der Waals surface area contributed by atoms with Crippen molar-refractivity contribution in [3.05, 3.63) is 285 Å². The second kappa shape index (κ2) is 14.7. The van der Waals surface area contributed by atoms with Crippen molar-refractivity contribution in [2.24, 2.45) is 0 Å². The highest BCUT2D eigenvalue weighted by molar-refractivity contribution is 7.99. The lowest BCUT2D eigenvalue weighted by atomic mass is 9.62. The second-order valence-corrected chi connectivity index (χ2v) is 21.5. The zero-order valence-corrected chi connectivity index (χ0v) is 39.4. The van der Waals surface area contributed by atoms with Gasteiger partial charge in [-0.05, 0) is 129 Å². The van der Waals surface area contributed by atoms with E-state index in [0.717, 1.165) is 54.3 Å². The summed E-state index contributed by atoms with van der Waals surface area (Å²) in [6.07, 6.45) is 0. The minimum absolute atomic E-state index is 0.0504. The van der Waals surface area contributed by atoms with Crippen molar-refractivity contribution in [2.75, 3.05) is 9.80 Å². The third kappa shape index (κ3) is 5.23. The first-order chi connectivity index (χ1) is 34.1. The van der Waals surface area contributed by atoms with E-state index in [1.165, 1.54) is 64.1 Å². The van der Waals surface area contributed by atoms with Crippen molar-refractivity contribution < 1.29 is 0 Å². The van der Waals surface area contributed by atoms with Gasteiger partial charge in [-0.25, -0.2) is 0 Å². The molecule has 0 bridgehead atoms. The molecule has 5 heterocycles. The molecular weight excluding hydrogens is 897 g/mol. The molecule has 324 valence electrons. The number of hydrogen-bond donors (Lipinski definition) is 0. The smallest absolute Gasteiger partial charge is 0.195 e. The fraction of sp³-hybridized carbons (Fsp3) is 0.0317. The van der Waals surface area contributed by atoms with Crippen molar-refractivity contribution in [1.82, 2.24) is 0 Å². The van der Waals surface area contributed by atoms with Crippen LogP contribution in [0.15, 0.2) is 255 Å². The summed E-state index contributed by atoms with van der Waals surface area (Å²) < 4.78 is 1.90. The van der Waals surface area contributed by atoms with Crippen LogP contribution in [0, 0.1) is 0 Å². The van der Waals surface area contributed by atoms with Crippen LogP contribution in [0.2, 0.25) is 0 Å². The van der Waals surface area contributed by atoms with E-state index in [0.29, 0.717) is 0 Å². The Morgan fingerprint density at radius 1 is 0.304 bits per heavy atom. The first-order valence-electron chi connectivity index (χ1n) is 23.4. The van der Waals surface area contributed by atoms with Crippen LogP contribution in [0.4, 0.5) is 34.1 Å². The molecule has 4 aliphatic heterocycles. The van der Waals surface area contributed by atoms with Gasteiger partial charge in [0.1, 0.15) is 0 Å². The zero-order valence-electron chi connectivity index (χ0n) is 37.0. The molecule has 15 rings (SSSR count). The van der Waals surface area contributed by atoms with Crippen molar-refractivity contribution in [2.45, 2.75) is 30.4 Å². The molecule has 3 nitrogen and oxygen atoms in total. The highest BCUT2D eigenvalue weighted by Crippen LogP contribution is 2.65. The predicted octanol–water partition coefficient (Wildman–Crippen LogP) is 16.7. The van der Waals surface area contributed by atoms with E-state index in [4.69, 9.17) is 0 Å². The molecule has 0 saturated carbocycles. The Morgan fingerprint density at radius 2 is 0.580 bits per heavy atom. The van der Waals surface area contributed by atoms with Gasteiger partial charge < -0.3 is 9.80 Å². The first-order valence-corrected chi connectivity index (χ1v) is 25.8. The fourth-order valence-corrected chi connectivity index (χ4v) is 15.8. The molecule has 11 aromatic rings. The van der Waals surface area contributed by atoms with Crippen LogP contribution in [-0.4, -0.2) is 0 Å². The van der Waals surface area contributed by atoms with E-state index in [-0.39, 0.29) is 5.43 Å². The molecule has 0 fully saturated rings. The van der Waals surface area contributed by atoms with Crippen LogP contribution in [0.5, 0.6) is 0 Å². The Labute approximate surface area is 412 Å². The lowest BCUT2D eigenvalue weighted by molar-refractivity contribution is 0.692. The van der Waals surface area contributed by atoms with Crippen LogP contribution >= 0.6 is 34.9 Å². The summed E-state index contributed by atoms with van der Waals surface area (Å²) >= 11 is 5.41. The molecule has 0 unspecified atom stereocenters. The third-order valence-corrected chi connectivity index (χ3v) is 18.4. The number of rotatable bonds is 2. The van der Waals surface area contributed by atoms with E-state index in [1.54, 1.807) is 11.3 Å². The average molecular weight is 935 g/mol. The Balaban J connectivity index is 0.913. The largest absolute Gasteiger partial charge is 0.310 e. The fourth-order valence-electron chi connectivity index (χ4n) is 12.3. The normalized spacial score (nSPS) is 15.1. The van der Waals surface area contributed by atoms with E-state index < -0.39 is 10.8 Å². The topological polar surface area (TPSA) is 23.6 Å². The van der Waals surface area contributed by atoms with E-state index in [2.05, 4.69) is 228 Å². The Hall–Kier alpha value is -7.61. The van der Waals surface area contributed by atoms with Crippen molar-refractivity contribution in [3.8, 4) is 0 Å². The van der Waals surface area contributed by atoms with Gasteiger partial charge in [0, 0.05) is 51.1 Å². The summed E-state index contributed by atoms with van der Waals surface area (Å²) in [5.41, 5.74) is 15.7. The van der Waals surface area contributed by atoms with Crippen molar-refractivity contribution >= 4 is 89.2 Å². The van der Waals surface area contributed by atoms with Crippen LogP contribution in [0.25, 0.3) is 20.2 Å². The summed E-state index contributed by atoms with van der Waals surface area (Å²) in [6.45, 7) is 0. The Bertz CT molecular complexity index is 3610. The Morgan fingerprint density at radius 3 is 0.899 bits per heavy atom. The SMILES string of the molecule is O=c1c2ccc(N3c4ccccc4C4(c5ccccc5Sc5ccccc54)c4ccccc43)cc2sc2cc(N3c4ccccc4C4(c5ccccc5Sc5ccccc54)c4ccccc43)ccc12. The van der Waals surface area contributed by atoms with Gasteiger partial charge in [0.05, 0.1) is 33.6 Å². The number of benzene rings is 10. The molecule has 0 radical (unpaired) electrons. The molecule has 4 aliphatic rings. The minimum atomic E-state index is -0.523. The van der Waals surface area contributed by atoms with Crippen molar-refractivity contribution in [1.29, 1.82) is 0 Å². The van der Waals surface area contributed by atoms with E-state index >= 15 is 0 Å². The lowest BCUT2D eigenvalue weighted by Gasteiger charge is -2.49. The number of fused-ring (bicyclic) bond motifs is 18. The van der Waals surface area contributed by atoms with Crippen LogP contribution in [-0.2, 0) is 10.8 Å². The molecule has 69 heavy (non-hydrogen) atoms. The predicted molar refractivity (Wildman–Crippen MR) is 287 cm³/mol. The summed E-state index contributed by atoms with van der Waals surface area (Å²) in [7, 11) is 0. The maximum Gasteiger partial charge on any atom is 0.195 e. The maximum atomic E-state index is 14.7. The summed E-state index contributed by atoms with van der Waals surface area (Å²) in [6, 6.07) is 84.2. The van der Waals surface area contributed by atoms with Crippen LogP contribution in [0.1, 0.15) is 44.5 Å². The molecule has 0 saturated heterocycles. The van der Waals surface area contributed by atoms with E-state index in [9.17, 15) is 4.79 Å². The molecule has 0 atom stereocenters. The van der Waals surface area contributed by atoms with Gasteiger partial charge in [-0.3, -0.25) is 4.79 Å². The molecule has 0 amide bonds. The van der Waals surface area contributed by atoms with Crippen molar-refractivity contribution in [3.63, 3.8) is 0 Å². The number of anilines is 6. The molecule has 10 aromatic carbocycles. The van der Waals surface area contributed by atoms with E-state index in [1.807, 2.05) is 35.7 Å². The molecule has 1 aromatic heterocycles. The van der Waals surface area contributed by atoms with Gasteiger partial charge in [-0.15, -0.1) is 11.3 Å². The highest BCUT2D eigenvalue weighted by Gasteiger charge is 2.52. The third-order valence-electron chi connectivity index (χ3n) is 15.0. The lowest BCUT2D eigenvalue weighted by Crippen LogP contribution is -2.39. The molecule has 0 aliphatic carbocycles. The van der Waals surface area contributed by atoms with Crippen LogP contribution in [0.3, 0.4) is 0 Å².